The Morgan fingerprint density at radius 1 is 1.44 bits per heavy atom. The van der Waals surface area contributed by atoms with Crippen LogP contribution in [0.5, 0.6) is 0 Å². The maximum atomic E-state index is 3.53. The number of piperidine rings is 1. The summed E-state index contributed by atoms with van der Waals surface area (Å²) in [4.78, 5) is 4.19. The first kappa shape index (κ1) is 14.0. The van der Waals surface area contributed by atoms with Gasteiger partial charge in [0.1, 0.15) is 0 Å². The number of hydrogen-bond donors (Lipinski definition) is 1. The van der Waals surface area contributed by atoms with Gasteiger partial charge in [-0.05, 0) is 62.7 Å². The zero-order valence-corrected chi connectivity index (χ0v) is 12.3. The summed E-state index contributed by atoms with van der Waals surface area (Å²) in [6.45, 7) is 8.49. The highest BCUT2D eigenvalue weighted by Crippen LogP contribution is 2.14. The van der Waals surface area contributed by atoms with Crippen LogP contribution in [0.1, 0.15) is 31.1 Å². The van der Waals surface area contributed by atoms with Crippen molar-refractivity contribution in [1.29, 1.82) is 0 Å². The molecule has 102 valence electrons. The van der Waals surface area contributed by atoms with Crippen LogP contribution in [0.4, 0.5) is 0 Å². The molecule has 0 saturated carbocycles. The second kappa shape index (κ2) is 7.93. The molecule has 1 unspecified atom stereocenters. The van der Waals surface area contributed by atoms with Gasteiger partial charge in [0.05, 0.1) is 0 Å². The molecule has 18 heavy (non-hydrogen) atoms. The Morgan fingerprint density at radius 3 is 3.06 bits per heavy atom. The quantitative estimate of drug-likeness (QED) is 0.816. The van der Waals surface area contributed by atoms with Crippen LogP contribution in [-0.4, -0.2) is 37.6 Å². The molecule has 0 bridgehead atoms. The van der Waals surface area contributed by atoms with Crippen LogP contribution in [0, 0.1) is 5.92 Å². The molecular formula is C15H26N2S. The smallest absolute Gasteiger partial charge is 0.00579 e. The standard InChI is InChI=1S/C15H26N2S/c1-2-9-17(10-7-15-6-4-11-18-15)13-14-5-3-8-16-12-14/h4,6,11,14,16H,2-3,5,7-10,12-13H2,1H3. The molecule has 1 aliphatic heterocycles. The molecule has 2 nitrogen and oxygen atoms in total. The highest BCUT2D eigenvalue weighted by Gasteiger charge is 2.16. The maximum Gasteiger partial charge on any atom is 0.00579 e. The van der Waals surface area contributed by atoms with Gasteiger partial charge in [0.15, 0.2) is 0 Å². The first-order chi connectivity index (χ1) is 8.88. The molecule has 2 rings (SSSR count). The minimum Gasteiger partial charge on any atom is -0.316 e. The van der Waals surface area contributed by atoms with E-state index in [2.05, 4.69) is 34.7 Å². The van der Waals surface area contributed by atoms with Crippen LogP contribution in [0.3, 0.4) is 0 Å². The van der Waals surface area contributed by atoms with Crippen molar-refractivity contribution in [2.75, 3.05) is 32.7 Å². The molecule has 1 aromatic heterocycles. The highest BCUT2D eigenvalue weighted by molar-refractivity contribution is 7.09. The summed E-state index contributed by atoms with van der Waals surface area (Å²) in [5.74, 6) is 0.869. The van der Waals surface area contributed by atoms with E-state index >= 15 is 0 Å². The Hall–Kier alpha value is -0.380. The van der Waals surface area contributed by atoms with E-state index in [-0.39, 0.29) is 0 Å². The third-order valence-electron chi connectivity index (χ3n) is 3.71. The predicted octanol–water partition coefficient (Wildman–Crippen LogP) is 3.00. The van der Waals surface area contributed by atoms with E-state index in [0.29, 0.717) is 0 Å². The fraction of sp³-hybridized carbons (Fsp3) is 0.733. The summed E-state index contributed by atoms with van der Waals surface area (Å²) < 4.78 is 0. The summed E-state index contributed by atoms with van der Waals surface area (Å²) in [5.41, 5.74) is 0. The van der Waals surface area contributed by atoms with Crippen molar-refractivity contribution in [3.05, 3.63) is 22.4 Å². The minimum absolute atomic E-state index is 0.869. The molecular weight excluding hydrogens is 240 g/mol. The van der Waals surface area contributed by atoms with Gasteiger partial charge in [-0.2, -0.15) is 0 Å². The molecule has 0 aliphatic carbocycles. The van der Waals surface area contributed by atoms with E-state index in [1.807, 2.05) is 11.3 Å². The van der Waals surface area contributed by atoms with Crippen LogP contribution >= 0.6 is 11.3 Å². The molecule has 1 aliphatic rings. The first-order valence-corrected chi connectivity index (χ1v) is 8.22. The molecule has 0 radical (unpaired) electrons. The van der Waals surface area contributed by atoms with Gasteiger partial charge in [-0.25, -0.2) is 0 Å². The second-order valence-electron chi connectivity index (χ2n) is 5.34. The van der Waals surface area contributed by atoms with E-state index in [0.717, 1.165) is 5.92 Å². The fourth-order valence-corrected chi connectivity index (χ4v) is 3.48. The molecule has 0 amide bonds. The molecule has 0 spiro atoms. The number of rotatable bonds is 7. The summed E-state index contributed by atoms with van der Waals surface area (Å²) in [6.07, 6.45) is 5.25. The van der Waals surface area contributed by atoms with E-state index in [4.69, 9.17) is 0 Å². The summed E-state index contributed by atoms with van der Waals surface area (Å²) in [7, 11) is 0. The lowest BCUT2D eigenvalue weighted by Gasteiger charge is -2.29. The lowest BCUT2D eigenvalue weighted by Crippen LogP contribution is -2.39. The fourth-order valence-electron chi connectivity index (χ4n) is 2.78. The van der Waals surface area contributed by atoms with Crippen molar-refractivity contribution < 1.29 is 0 Å². The Bertz CT molecular complexity index is 304. The Labute approximate surface area is 115 Å². The summed E-state index contributed by atoms with van der Waals surface area (Å²) >= 11 is 1.89. The van der Waals surface area contributed by atoms with Gasteiger partial charge in [-0.1, -0.05) is 13.0 Å². The van der Waals surface area contributed by atoms with Crippen molar-refractivity contribution in [1.82, 2.24) is 10.2 Å². The number of thiophene rings is 1. The number of nitrogens with zero attached hydrogens (tertiary/aromatic N) is 1. The first-order valence-electron chi connectivity index (χ1n) is 7.34. The van der Waals surface area contributed by atoms with Crippen LogP contribution < -0.4 is 5.32 Å². The average molecular weight is 266 g/mol. The van der Waals surface area contributed by atoms with E-state index < -0.39 is 0 Å². The van der Waals surface area contributed by atoms with Gasteiger partial charge >= 0.3 is 0 Å². The Balaban J connectivity index is 1.75. The molecule has 1 aromatic rings. The zero-order valence-electron chi connectivity index (χ0n) is 11.5. The van der Waals surface area contributed by atoms with Crippen LogP contribution in [0.25, 0.3) is 0 Å². The van der Waals surface area contributed by atoms with Crippen molar-refractivity contribution in [3.63, 3.8) is 0 Å². The average Bonchev–Trinajstić information content (AvgIpc) is 2.91. The summed E-state index contributed by atoms with van der Waals surface area (Å²) in [5, 5.41) is 5.71. The van der Waals surface area contributed by atoms with Gasteiger partial charge in [0, 0.05) is 18.0 Å². The molecule has 2 heterocycles. The SMILES string of the molecule is CCCN(CCc1cccs1)CC1CCCNC1. The van der Waals surface area contributed by atoms with Gasteiger partial charge in [-0.3, -0.25) is 0 Å². The Morgan fingerprint density at radius 2 is 2.39 bits per heavy atom. The Kier molecular flexibility index (Phi) is 6.18. The van der Waals surface area contributed by atoms with Crippen molar-refractivity contribution in [3.8, 4) is 0 Å². The van der Waals surface area contributed by atoms with Crippen LogP contribution in [-0.2, 0) is 6.42 Å². The molecule has 0 aromatic carbocycles. The normalized spacial score (nSPS) is 20.4. The van der Waals surface area contributed by atoms with Gasteiger partial charge < -0.3 is 10.2 Å². The number of hydrogen-bond acceptors (Lipinski definition) is 3. The monoisotopic (exact) mass is 266 g/mol. The lowest BCUT2D eigenvalue weighted by atomic mass is 9.99. The number of nitrogens with one attached hydrogen (secondary N) is 1. The van der Waals surface area contributed by atoms with Crippen molar-refractivity contribution in [2.45, 2.75) is 32.6 Å². The highest BCUT2D eigenvalue weighted by atomic mass is 32.1. The van der Waals surface area contributed by atoms with Crippen molar-refractivity contribution >= 4 is 11.3 Å². The summed E-state index contributed by atoms with van der Waals surface area (Å²) in [6, 6.07) is 4.42. The molecule has 3 heteroatoms. The predicted molar refractivity (Wildman–Crippen MR) is 80.3 cm³/mol. The maximum absolute atomic E-state index is 3.53. The van der Waals surface area contributed by atoms with Gasteiger partial charge in [-0.15, -0.1) is 11.3 Å². The largest absolute Gasteiger partial charge is 0.316 e. The van der Waals surface area contributed by atoms with Crippen LogP contribution in [0.15, 0.2) is 17.5 Å². The third kappa shape index (κ3) is 4.71. The van der Waals surface area contributed by atoms with Crippen molar-refractivity contribution in [2.24, 2.45) is 5.92 Å². The van der Waals surface area contributed by atoms with Gasteiger partial charge in [0.2, 0.25) is 0 Å². The minimum atomic E-state index is 0.869. The van der Waals surface area contributed by atoms with Gasteiger partial charge in [0.25, 0.3) is 0 Å². The topological polar surface area (TPSA) is 15.3 Å². The molecule has 1 fully saturated rings. The lowest BCUT2D eigenvalue weighted by molar-refractivity contribution is 0.210. The third-order valence-corrected chi connectivity index (χ3v) is 4.65. The zero-order chi connectivity index (χ0) is 12.6. The molecule has 1 saturated heterocycles. The van der Waals surface area contributed by atoms with E-state index in [9.17, 15) is 0 Å². The van der Waals surface area contributed by atoms with Crippen LogP contribution in [0.2, 0.25) is 0 Å². The van der Waals surface area contributed by atoms with E-state index in [1.165, 1.54) is 63.3 Å². The second-order valence-corrected chi connectivity index (χ2v) is 6.37. The molecule has 1 atom stereocenters. The molecule has 1 N–H and O–H groups in total. The van der Waals surface area contributed by atoms with E-state index in [1.54, 1.807) is 0 Å².